The van der Waals surface area contributed by atoms with Crippen LogP contribution in [0.2, 0.25) is 0 Å². The van der Waals surface area contributed by atoms with Crippen molar-refractivity contribution >= 4 is 11.9 Å². The first-order valence-corrected chi connectivity index (χ1v) is 7.28. The lowest BCUT2D eigenvalue weighted by molar-refractivity contribution is -0.137. The first kappa shape index (κ1) is 16.2. The average molecular weight is 340 g/mol. The highest BCUT2D eigenvalue weighted by atomic mass is 19.4. The maximum Gasteiger partial charge on any atom is 0.416 e. The normalized spacial score (nSPS) is 17.0. The topological polar surface area (TPSA) is 79.2 Å². The molecule has 2 heterocycles. The highest BCUT2D eigenvalue weighted by Gasteiger charge is 2.30. The number of rotatable bonds is 3. The van der Waals surface area contributed by atoms with E-state index >= 15 is 0 Å². The quantitative estimate of drug-likeness (QED) is 0.803. The Morgan fingerprint density at radius 3 is 2.71 bits per heavy atom. The summed E-state index contributed by atoms with van der Waals surface area (Å²) in [4.78, 5) is 10.5. The van der Waals surface area contributed by atoms with E-state index in [0.29, 0.717) is 30.8 Å². The molecule has 0 bridgehead atoms. The molecule has 6 nitrogen and oxygen atoms in total. The summed E-state index contributed by atoms with van der Waals surface area (Å²) < 4.78 is 39.6. The van der Waals surface area contributed by atoms with E-state index in [1.807, 2.05) is 0 Å². The number of alkyl halides is 3. The van der Waals surface area contributed by atoms with Gasteiger partial charge in [-0.1, -0.05) is 12.1 Å². The average Bonchev–Trinajstić information content (AvgIpc) is 2.95. The first-order valence-electron chi connectivity index (χ1n) is 7.28. The third-order valence-electron chi connectivity index (χ3n) is 3.89. The standard InChI is InChI=1S/C15H15F3N4O2/c16-15(17,18)11-3-1-10(2-4-11)12-7-21-22-8-9(5-19-13(12)22)6-20-14(23)24/h1-4,7,9,19-20H,5-6,8H2,(H,23,24). The van der Waals surface area contributed by atoms with Crippen molar-refractivity contribution < 1.29 is 23.1 Å². The van der Waals surface area contributed by atoms with Gasteiger partial charge in [-0.15, -0.1) is 0 Å². The van der Waals surface area contributed by atoms with Crippen molar-refractivity contribution in [1.29, 1.82) is 0 Å². The number of halogens is 3. The zero-order chi connectivity index (χ0) is 17.3. The molecule has 1 aliphatic heterocycles. The van der Waals surface area contributed by atoms with E-state index in [2.05, 4.69) is 15.7 Å². The molecule has 1 amide bonds. The van der Waals surface area contributed by atoms with Gasteiger partial charge in [0.15, 0.2) is 0 Å². The van der Waals surface area contributed by atoms with E-state index in [-0.39, 0.29) is 5.92 Å². The van der Waals surface area contributed by atoms with Crippen molar-refractivity contribution in [3.63, 3.8) is 0 Å². The van der Waals surface area contributed by atoms with Crippen LogP contribution in [0.25, 0.3) is 11.1 Å². The number of aromatic nitrogens is 2. The highest BCUT2D eigenvalue weighted by molar-refractivity contribution is 5.75. The Morgan fingerprint density at radius 2 is 2.08 bits per heavy atom. The summed E-state index contributed by atoms with van der Waals surface area (Å²) in [5, 5.41) is 18.4. The van der Waals surface area contributed by atoms with Gasteiger partial charge in [0.05, 0.1) is 11.8 Å². The number of benzene rings is 1. The van der Waals surface area contributed by atoms with Crippen LogP contribution in [0.15, 0.2) is 30.5 Å². The molecular formula is C15H15F3N4O2. The third-order valence-corrected chi connectivity index (χ3v) is 3.89. The molecule has 3 rings (SSSR count). The SMILES string of the molecule is O=C(O)NCC1CNc2c(-c3ccc(C(F)(F)F)cc3)cnn2C1. The fourth-order valence-electron chi connectivity index (χ4n) is 2.68. The number of hydrogen-bond acceptors (Lipinski definition) is 3. The van der Waals surface area contributed by atoms with Gasteiger partial charge in [-0.05, 0) is 17.7 Å². The molecule has 0 saturated carbocycles. The summed E-state index contributed by atoms with van der Waals surface area (Å²) >= 11 is 0. The lowest BCUT2D eigenvalue weighted by atomic mass is 10.0. The predicted octanol–water partition coefficient (Wildman–Crippen LogP) is 2.88. The van der Waals surface area contributed by atoms with E-state index in [4.69, 9.17) is 5.11 Å². The van der Waals surface area contributed by atoms with Crippen LogP contribution in [0.3, 0.4) is 0 Å². The van der Waals surface area contributed by atoms with E-state index in [1.54, 1.807) is 10.9 Å². The predicted molar refractivity (Wildman–Crippen MR) is 80.7 cm³/mol. The summed E-state index contributed by atoms with van der Waals surface area (Å²) in [5.41, 5.74) is 0.660. The number of amides is 1. The van der Waals surface area contributed by atoms with Gasteiger partial charge >= 0.3 is 12.3 Å². The van der Waals surface area contributed by atoms with Crippen LogP contribution in [-0.4, -0.2) is 34.1 Å². The Kier molecular flexibility index (Phi) is 4.08. The van der Waals surface area contributed by atoms with Gasteiger partial charge in [0.1, 0.15) is 5.82 Å². The van der Waals surface area contributed by atoms with Crippen molar-refractivity contribution in [2.24, 2.45) is 5.92 Å². The Bertz CT molecular complexity index is 740. The minimum atomic E-state index is -4.36. The zero-order valence-corrected chi connectivity index (χ0v) is 12.5. The summed E-state index contributed by atoms with van der Waals surface area (Å²) in [7, 11) is 0. The van der Waals surface area contributed by atoms with Gasteiger partial charge in [-0.25, -0.2) is 9.48 Å². The van der Waals surface area contributed by atoms with Gasteiger partial charge < -0.3 is 15.7 Å². The summed E-state index contributed by atoms with van der Waals surface area (Å²) in [6.07, 6.45) is -3.84. The maximum absolute atomic E-state index is 12.6. The van der Waals surface area contributed by atoms with Crippen molar-refractivity contribution in [2.75, 3.05) is 18.4 Å². The summed E-state index contributed by atoms with van der Waals surface area (Å²) in [6, 6.07) is 4.92. The summed E-state index contributed by atoms with van der Waals surface area (Å²) in [6.45, 7) is 1.39. The first-order chi connectivity index (χ1) is 11.3. The smallest absolute Gasteiger partial charge is 0.416 e. The molecule has 1 aromatic carbocycles. The molecule has 0 radical (unpaired) electrons. The minimum absolute atomic E-state index is 0.0500. The monoisotopic (exact) mass is 340 g/mol. The summed E-state index contributed by atoms with van der Waals surface area (Å²) in [5.74, 6) is 0.773. The van der Waals surface area contributed by atoms with Crippen molar-refractivity contribution in [2.45, 2.75) is 12.7 Å². The molecule has 128 valence electrons. The fourth-order valence-corrected chi connectivity index (χ4v) is 2.68. The van der Waals surface area contributed by atoms with Crippen LogP contribution in [0.5, 0.6) is 0 Å². The van der Waals surface area contributed by atoms with Gasteiger partial charge in [-0.3, -0.25) is 0 Å². The molecule has 3 N–H and O–H groups in total. The molecule has 0 spiro atoms. The van der Waals surface area contributed by atoms with E-state index in [9.17, 15) is 18.0 Å². The number of carboxylic acid groups (broad SMARTS) is 1. The van der Waals surface area contributed by atoms with Crippen molar-refractivity contribution in [3.8, 4) is 11.1 Å². The van der Waals surface area contributed by atoms with E-state index in [0.717, 1.165) is 18.0 Å². The molecular weight excluding hydrogens is 325 g/mol. The molecule has 1 unspecified atom stereocenters. The number of nitrogens with one attached hydrogen (secondary N) is 2. The van der Waals surface area contributed by atoms with E-state index < -0.39 is 17.8 Å². The number of anilines is 1. The van der Waals surface area contributed by atoms with Crippen LogP contribution >= 0.6 is 0 Å². The molecule has 1 aromatic heterocycles. The van der Waals surface area contributed by atoms with Crippen LogP contribution in [0.1, 0.15) is 5.56 Å². The molecule has 0 saturated heterocycles. The molecule has 0 fully saturated rings. The van der Waals surface area contributed by atoms with Gasteiger partial charge in [0.2, 0.25) is 0 Å². The molecule has 1 aliphatic rings. The van der Waals surface area contributed by atoms with Crippen LogP contribution < -0.4 is 10.6 Å². The van der Waals surface area contributed by atoms with Crippen LogP contribution in [0, 0.1) is 5.92 Å². The van der Waals surface area contributed by atoms with Gasteiger partial charge in [0.25, 0.3) is 0 Å². The Labute approximate surface area is 135 Å². The second kappa shape index (κ2) is 6.06. The van der Waals surface area contributed by atoms with Crippen molar-refractivity contribution in [3.05, 3.63) is 36.0 Å². The molecule has 2 aromatic rings. The lowest BCUT2D eigenvalue weighted by Crippen LogP contribution is -2.37. The Balaban J connectivity index is 1.77. The van der Waals surface area contributed by atoms with Crippen LogP contribution in [0.4, 0.5) is 23.8 Å². The fraction of sp³-hybridized carbons (Fsp3) is 0.333. The second-order valence-corrected chi connectivity index (χ2v) is 5.60. The Morgan fingerprint density at radius 1 is 1.38 bits per heavy atom. The van der Waals surface area contributed by atoms with Crippen molar-refractivity contribution in [1.82, 2.24) is 15.1 Å². The number of carbonyl (C=O) groups is 1. The number of fused-ring (bicyclic) bond motifs is 1. The lowest BCUT2D eigenvalue weighted by Gasteiger charge is -2.25. The van der Waals surface area contributed by atoms with Gasteiger partial charge in [0, 0.05) is 31.1 Å². The minimum Gasteiger partial charge on any atom is -0.465 e. The maximum atomic E-state index is 12.6. The largest absolute Gasteiger partial charge is 0.465 e. The molecule has 0 aliphatic carbocycles. The highest BCUT2D eigenvalue weighted by Crippen LogP contribution is 2.34. The third kappa shape index (κ3) is 3.29. The molecule has 1 atom stereocenters. The van der Waals surface area contributed by atoms with Gasteiger partial charge in [-0.2, -0.15) is 18.3 Å². The molecule has 9 heteroatoms. The van der Waals surface area contributed by atoms with Crippen LogP contribution in [-0.2, 0) is 12.7 Å². The Hall–Kier alpha value is -2.71. The van der Waals surface area contributed by atoms with E-state index in [1.165, 1.54) is 12.1 Å². The second-order valence-electron chi connectivity index (χ2n) is 5.60. The molecule has 24 heavy (non-hydrogen) atoms. The zero-order valence-electron chi connectivity index (χ0n) is 12.5. The number of nitrogens with zero attached hydrogens (tertiary/aromatic N) is 2. The number of hydrogen-bond donors (Lipinski definition) is 3.